The van der Waals surface area contributed by atoms with Crippen LogP contribution in [-0.4, -0.2) is 54.1 Å². The van der Waals surface area contributed by atoms with E-state index in [0.29, 0.717) is 17.8 Å². The number of carbonyl (C=O) groups excluding carboxylic acids is 2. The van der Waals surface area contributed by atoms with E-state index in [1.807, 2.05) is 32.6 Å². The molecule has 0 bridgehead atoms. The minimum Gasteiger partial charge on any atom is -0.492 e. The highest BCUT2D eigenvalue weighted by atomic mass is 16.3. The molecule has 1 saturated carbocycles. The zero-order valence-corrected chi connectivity index (χ0v) is 19.0. The highest BCUT2D eigenvalue weighted by molar-refractivity contribution is 5.97. The number of likely N-dealkylation sites (tertiary alicyclic amines) is 1. The number of fused-ring (bicyclic) bond motifs is 1. The molecule has 2 aliphatic rings. The van der Waals surface area contributed by atoms with Crippen LogP contribution in [0.5, 0.6) is 5.88 Å². The van der Waals surface area contributed by atoms with Crippen LogP contribution in [0.15, 0.2) is 17.1 Å². The van der Waals surface area contributed by atoms with Gasteiger partial charge in [0.1, 0.15) is 5.65 Å². The van der Waals surface area contributed by atoms with Gasteiger partial charge in [0.2, 0.25) is 11.8 Å². The third-order valence-electron chi connectivity index (χ3n) is 6.21. The van der Waals surface area contributed by atoms with Crippen LogP contribution in [0.1, 0.15) is 69.3 Å². The van der Waals surface area contributed by atoms with Gasteiger partial charge in [-0.25, -0.2) is 0 Å². The highest BCUT2D eigenvalue weighted by Gasteiger charge is 2.31. The van der Waals surface area contributed by atoms with E-state index in [2.05, 4.69) is 10.4 Å². The zero-order chi connectivity index (χ0) is 23.2. The fraction of sp³-hybridized carbons (Fsp3) is 0.565. The molecular weight excluding hydrogens is 410 g/mol. The zero-order valence-electron chi connectivity index (χ0n) is 19.0. The summed E-state index contributed by atoms with van der Waals surface area (Å²) in [5.41, 5.74) is 0.0142. The molecule has 1 aliphatic heterocycles. The van der Waals surface area contributed by atoms with Crippen molar-refractivity contribution in [3.05, 3.63) is 33.8 Å². The maximum absolute atomic E-state index is 13.3. The van der Waals surface area contributed by atoms with Crippen molar-refractivity contribution < 1.29 is 14.7 Å². The summed E-state index contributed by atoms with van der Waals surface area (Å²) in [5, 5.41) is 17.7. The number of aromatic nitrogens is 3. The van der Waals surface area contributed by atoms with Crippen LogP contribution < -0.4 is 10.9 Å². The van der Waals surface area contributed by atoms with Crippen LogP contribution in [0.2, 0.25) is 0 Å². The van der Waals surface area contributed by atoms with Gasteiger partial charge >= 0.3 is 0 Å². The van der Waals surface area contributed by atoms with Crippen LogP contribution in [0.25, 0.3) is 11.7 Å². The molecule has 3 heterocycles. The van der Waals surface area contributed by atoms with E-state index in [0.717, 1.165) is 25.7 Å². The first-order chi connectivity index (χ1) is 15.2. The van der Waals surface area contributed by atoms with E-state index >= 15 is 0 Å². The lowest BCUT2D eigenvalue weighted by Gasteiger charge is -2.24. The number of aromatic hydroxyl groups is 1. The predicted molar refractivity (Wildman–Crippen MR) is 120 cm³/mol. The molecular formula is C23H31N5O4. The SMILES string of the molecule is CC(C)Cn1c(=O)c(C(=O)NC2CC2)c(O)n2ncc(/C=C/C(=O)N3C(C)CCC3C)c12. The Kier molecular flexibility index (Phi) is 5.83. The number of rotatable bonds is 6. The van der Waals surface area contributed by atoms with Crippen molar-refractivity contribution in [3.63, 3.8) is 0 Å². The fourth-order valence-corrected chi connectivity index (χ4v) is 4.43. The Labute approximate surface area is 186 Å². The van der Waals surface area contributed by atoms with E-state index in [-0.39, 0.29) is 35.5 Å². The summed E-state index contributed by atoms with van der Waals surface area (Å²) < 4.78 is 2.67. The molecule has 1 aliphatic carbocycles. The quantitative estimate of drug-likeness (QED) is 0.668. The Balaban J connectivity index is 1.77. The molecule has 2 N–H and O–H groups in total. The highest BCUT2D eigenvalue weighted by Crippen LogP contribution is 2.25. The van der Waals surface area contributed by atoms with Crippen molar-refractivity contribution in [2.24, 2.45) is 5.92 Å². The number of nitrogens with zero attached hydrogens (tertiary/aromatic N) is 4. The maximum Gasteiger partial charge on any atom is 0.270 e. The number of amides is 2. The Morgan fingerprint density at radius 2 is 1.88 bits per heavy atom. The average Bonchev–Trinajstić information content (AvgIpc) is 3.32. The van der Waals surface area contributed by atoms with Crippen molar-refractivity contribution in [3.8, 4) is 5.88 Å². The fourth-order valence-electron chi connectivity index (χ4n) is 4.43. The standard InChI is InChI=1S/C23H31N5O4/c1-13(2)12-26-21-16(7-10-18(29)27-14(3)5-6-15(27)4)11-24-28(21)23(32)19(22(26)31)20(30)25-17-8-9-17/h7,10-11,13-15,17,32H,5-6,8-9,12H2,1-4H3,(H,25,30)/b10-7+. The summed E-state index contributed by atoms with van der Waals surface area (Å²) in [6.07, 6.45) is 8.30. The summed E-state index contributed by atoms with van der Waals surface area (Å²) >= 11 is 0. The first-order valence-electron chi connectivity index (χ1n) is 11.3. The Morgan fingerprint density at radius 3 is 2.47 bits per heavy atom. The van der Waals surface area contributed by atoms with Crippen LogP contribution >= 0.6 is 0 Å². The van der Waals surface area contributed by atoms with E-state index in [9.17, 15) is 19.5 Å². The van der Waals surface area contributed by atoms with Crippen LogP contribution in [-0.2, 0) is 11.3 Å². The molecule has 32 heavy (non-hydrogen) atoms. The molecule has 9 heteroatoms. The van der Waals surface area contributed by atoms with Gasteiger partial charge in [-0.1, -0.05) is 13.8 Å². The Hall–Kier alpha value is -3.10. The van der Waals surface area contributed by atoms with E-state index in [1.165, 1.54) is 21.4 Å². The molecule has 0 spiro atoms. The lowest BCUT2D eigenvalue weighted by atomic mass is 10.2. The third kappa shape index (κ3) is 4.03. The minimum absolute atomic E-state index is 0.0491. The van der Waals surface area contributed by atoms with Crippen molar-refractivity contribution >= 4 is 23.5 Å². The maximum atomic E-state index is 13.3. The lowest BCUT2D eigenvalue weighted by Crippen LogP contribution is -2.37. The largest absolute Gasteiger partial charge is 0.492 e. The summed E-state index contributed by atoms with van der Waals surface area (Å²) in [5.74, 6) is -1.06. The average molecular weight is 442 g/mol. The monoisotopic (exact) mass is 441 g/mol. The molecule has 2 aromatic heterocycles. The summed E-state index contributed by atoms with van der Waals surface area (Å²) in [7, 11) is 0. The molecule has 1 saturated heterocycles. The van der Waals surface area contributed by atoms with Crippen LogP contribution in [0.4, 0.5) is 0 Å². The first-order valence-corrected chi connectivity index (χ1v) is 11.3. The molecule has 2 amide bonds. The van der Waals surface area contributed by atoms with E-state index in [4.69, 9.17) is 0 Å². The molecule has 9 nitrogen and oxygen atoms in total. The van der Waals surface area contributed by atoms with Gasteiger partial charge in [0.25, 0.3) is 11.5 Å². The number of hydrogen-bond donors (Lipinski definition) is 2. The second-order valence-electron chi connectivity index (χ2n) is 9.45. The number of nitrogens with one attached hydrogen (secondary N) is 1. The van der Waals surface area contributed by atoms with Gasteiger partial charge in [0, 0.05) is 36.3 Å². The van der Waals surface area contributed by atoms with E-state index < -0.39 is 17.3 Å². The lowest BCUT2D eigenvalue weighted by molar-refractivity contribution is -0.128. The van der Waals surface area contributed by atoms with Crippen molar-refractivity contribution in [1.29, 1.82) is 0 Å². The normalized spacial score (nSPS) is 21.2. The summed E-state index contributed by atoms with van der Waals surface area (Å²) in [4.78, 5) is 40.6. The molecule has 2 aromatic rings. The molecule has 2 unspecified atom stereocenters. The van der Waals surface area contributed by atoms with Crippen molar-refractivity contribution in [2.75, 3.05) is 0 Å². The Bertz CT molecular complexity index is 1130. The summed E-state index contributed by atoms with van der Waals surface area (Å²) in [6.45, 7) is 8.35. The third-order valence-corrected chi connectivity index (χ3v) is 6.21. The number of hydrogen-bond acceptors (Lipinski definition) is 5. The van der Waals surface area contributed by atoms with Gasteiger partial charge in [-0.15, -0.1) is 0 Å². The molecule has 4 rings (SSSR count). The van der Waals surface area contributed by atoms with Gasteiger partial charge in [0.15, 0.2) is 5.56 Å². The molecule has 0 radical (unpaired) electrons. The van der Waals surface area contributed by atoms with Crippen molar-refractivity contribution in [1.82, 2.24) is 24.4 Å². The van der Waals surface area contributed by atoms with Crippen molar-refractivity contribution in [2.45, 2.75) is 78.0 Å². The smallest absolute Gasteiger partial charge is 0.270 e. The van der Waals surface area contributed by atoms with Gasteiger partial charge in [-0.2, -0.15) is 9.61 Å². The minimum atomic E-state index is -0.589. The van der Waals surface area contributed by atoms with E-state index in [1.54, 1.807) is 6.08 Å². The van der Waals surface area contributed by atoms with Crippen LogP contribution in [0, 0.1) is 5.92 Å². The Morgan fingerprint density at radius 1 is 1.22 bits per heavy atom. The topological polar surface area (TPSA) is 109 Å². The van der Waals surface area contributed by atoms with Gasteiger partial charge < -0.3 is 15.3 Å². The van der Waals surface area contributed by atoms with Gasteiger partial charge in [-0.05, 0) is 51.5 Å². The molecule has 172 valence electrons. The van der Waals surface area contributed by atoms with Crippen LogP contribution in [0.3, 0.4) is 0 Å². The predicted octanol–water partition coefficient (Wildman–Crippen LogP) is 2.16. The first kappa shape index (κ1) is 22.1. The molecule has 2 atom stereocenters. The van der Waals surface area contributed by atoms with Gasteiger partial charge in [0.05, 0.1) is 6.20 Å². The second-order valence-corrected chi connectivity index (χ2v) is 9.45. The molecule has 0 aromatic carbocycles. The second kappa shape index (κ2) is 8.44. The number of carbonyl (C=O) groups is 2. The summed E-state index contributed by atoms with van der Waals surface area (Å²) in [6, 6.07) is 0.413. The van der Waals surface area contributed by atoms with Gasteiger partial charge in [-0.3, -0.25) is 19.0 Å². The molecule has 2 fully saturated rings.